The summed E-state index contributed by atoms with van der Waals surface area (Å²) < 4.78 is 17.5. The van der Waals surface area contributed by atoms with Gasteiger partial charge in [-0.25, -0.2) is 0 Å². The highest BCUT2D eigenvalue weighted by molar-refractivity contribution is 5.70. The summed E-state index contributed by atoms with van der Waals surface area (Å²) in [4.78, 5) is 25.6. The van der Waals surface area contributed by atoms with Crippen LogP contribution < -0.4 is 0 Å². The molecule has 5 nitrogen and oxygen atoms in total. The van der Waals surface area contributed by atoms with Crippen molar-refractivity contribution >= 4 is 11.9 Å². The lowest BCUT2D eigenvalue weighted by Crippen LogP contribution is -2.30. The molecule has 0 aliphatic rings. The summed E-state index contributed by atoms with van der Waals surface area (Å²) in [5.41, 5.74) is 0. The number of hydrogen-bond donors (Lipinski definition) is 0. The van der Waals surface area contributed by atoms with Gasteiger partial charge in [-0.1, -0.05) is 266 Å². The van der Waals surface area contributed by atoms with Gasteiger partial charge in [-0.3, -0.25) is 9.59 Å². The molecule has 0 rings (SSSR count). The molecule has 0 N–H and O–H groups in total. The molecule has 0 bridgehead atoms. The summed E-state index contributed by atoms with van der Waals surface area (Å²) in [6, 6.07) is 0. The van der Waals surface area contributed by atoms with Crippen molar-refractivity contribution in [3.63, 3.8) is 0 Å². The number of carbonyl (C=O) groups is 2. The Kier molecular flexibility index (Phi) is 57.4. The van der Waals surface area contributed by atoms with Gasteiger partial charge in [0.1, 0.15) is 6.61 Å². The zero-order valence-electron chi connectivity index (χ0n) is 46.3. The van der Waals surface area contributed by atoms with Gasteiger partial charge in [0.15, 0.2) is 6.10 Å². The van der Waals surface area contributed by atoms with E-state index in [9.17, 15) is 9.59 Å². The topological polar surface area (TPSA) is 61.8 Å². The van der Waals surface area contributed by atoms with Gasteiger partial charge in [-0.05, 0) is 96.3 Å². The zero-order chi connectivity index (χ0) is 50.6. The van der Waals surface area contributed by atoms with Crippen LogP contribution in [-0.2, 0) is 23.8 Å². The minimum absolute atomic E-state index is 0.0618. The highest BCUT2D eigenvalue weighted by atomic mass is 16.6. The van der Waals surface area contributed by atoms with E-state index in [1.807, 2.05) is 0 Å². The van der Waals surface area contributed by atoms with E-state index >= 15 is 0 Å². The van der Waals surface area contributed by atoms with E-state index in [0.29, 0.717) is 19.4 Å². The van der Waals surface area contributed by atoms with Crippen molar-refractivity contribution in [2.24, 2.45) is 0 Å². The number of unbranched alkanes of at least 4 members (excludes halogenated alkanes) is 27. The first-order valence-electron chi connectivity index (χ1n) is 29.8. The second kappa shape index (κ2) is 60.1. The van der Waals surface area contributed by atoms with E-state index in [1.54, 1.807) is 0 Å². The number of ether oxygens (including phenoxy) is 3. The molecule has 0 aliphatic carbocycles. The van der Waals surface area contributed by atoms with E-state index in [0.717, 1.165) is 109 Å². The van der Waals surface area contributed by atoms with Crippen LogP contribution in [0, 0.1) is 0 Å². The Morgan fingerprint density at radius 2 is 0.643 bits per heavy atom. The lowest BCUT2D eigenvalue weighted by molar-refractivity contribution is -0.163. The molecule has 0 amide bonds. The molecule has 0 spiro atoms. The maximum absolute atomic E-state index is 12.9. The van der Waals surface area contributed by atoms with Gasteiger partial charge in [-0.2, -0.15) is 0 Å². The average molecular weight is 974 g/mol. The maximum Gasteiger partial charge on any atom is 0.306 e. The van der Waals surface area contributed by atoms with E-state index < -0.39 is 6.10 Å². The van der Waals surface area contributed by atoms with Gasteiger partial charge >= 0.3 is 11.9 Å². The van der Waals surface area contributed by atoms with Crippen LogP contribution in [0.5, 0.6) is 0 Å². The van der Waals surface area contributed by atoms with Crippen LogP contribution in [0.1, 0.15) is 278 Å². The van der Waals surface area contributed by atoms with Crippen LogP contribution >= 0.6 is 0 Å². The van der Waals surface area contributed by atoms with Gasteiger partial charge in [0.2, 0.25) is 0 Å². The standard InChI is InChI=1S/C65H112O5/c1-4-7-10-13-16-19-22-25-28-31-33-35-37-40-43-46-49-52-55-58-64(66)69-62-63(61-68-60-57-54-51-48-45-42-39-36-32-29-26-23-20-17-14-11-8-5-2)70-65(67)59-56-53-50-47-44-41-38-34-30-27-24-21-18-15-12-9-6-3/h8-9,11-12,17-18,20-21,26-27,29-30,36,39,45,48,63H,4-7,10,13-16,19,22-25,28,31-35,37-38,40-44,46-47,49-62H2,1-3H3/b11-8-,12-9-,20-17-,21-18-,29-26-,30-27-,39-36-,48-45-. The molecule has 0 fully saturated rings. The summed E-state index contributed by atoms with van der Waals surface area (Å²) >= 11 is 0. The van der Waals surface area contributed by atoms with Crippen LogP contribution in [-0.4, -0.2) is 37.9 Å². The quantitative estimate of drug-likeness (QED) is 0.0345. The molecule has 70 heavy (non-hydrogen) atoms. The van der Waals surface area contributed by atoms with Crippen LogP contribution in [0.2, 0.25) is 0 Å². The molecule has 0 aromatic carbocycles. The SMILES string of the molecule is CC/C=C\C/C=C\C/C=C\C/C=C\C/C=C\CCCCOCC(COC(=O)CCCCCCCCCCCCCCCCCCCCC)OC(=O)CCCCCCCCC/C=C\C/C=C\C/C=C\CC. The van der Waals surface area contributed by atoms with Crippen molar-refractivity contribution in [1.82, 2.24) is 0 Å². The number of allylic oxidation sites excluding steroid dienone is 16. The Hall–Kier alpha value is -3.18. The average Bonchev–Trinajstić information content (AvgIpc) is 3.36. The molecule has 0 aromatic rings. The molecule has 1 unspecified atom stereocenters. The van der Waals surface area contributed by atoms with Crippen LogP contribution in [0.4, 0.5) is 0 Å². The lowest BCUT2D eigenvalue weighted by Gasteiger charge is -2.18. The summed E-state index contributed by atoms with van der Waals surface area (Å²) in [5, 5.41) is 0. The maximum atomic E-state index is 12.9. The molecule has 1 atom stereocenters. The Labute approximate surface area is 434 Å². The highest BCUT2D eigenvalue weighted by Gasteiger charge is 2.17. The molecule has 0 aromatic heterocycles. The minimum atomic E-state index is -0.569. The third kappa shape index (κ3) is 57.4. The Morgan fingerprint density at radius 3 is 1.03 bits per heavy atom. The number of hydrogen-bond acceptors (Lipinski definition) is 5. The fraction of sp³-hybridized carbons (Fsp3) is 0.723. The number of carbonyl (C=O) groups excluding carboxylic acids is 2. The van der Waals surface area contributed by atoms with Crippen LogP contribution in [0.3, 0.4) is 0 Å². The zero-order valence-corrected chi connectivity index (χ0v) is 46.3. The van der Waals surface area contributed by atoms with Crippen molar-refractivity contribution in [3.05, 3.63) is 97.2 Å². The second-order valence-electron chi connectivity index (χ2n) is 19.5. The molecule has 402 valence electrons. The molecule has 0 saturated carbocycles. The van der Waals surface area contributed by atoms with Crippen molar-refractivity contribution in [1.29, 1.82) is 0 Å². The molecule has 0 aliphatic heterocycles. The largest absolute Gasteiger partial charge is 0.462 e. The highest BCUT2D eigenvalue weighted by Crippen LogP contribution is 2.16. The van der Waals surface area contributed by atoms with Crippen molar-refractivity contribution in [2.75, 3.05) is 19.8 Å². The predicted molar refractivity (Wildman–Crippen MR) is 306 cm³/mol. The molecule has 0 heterocycles. The first-order valence-corrected chi connectivity index (χ1v) is 29.8. The third-order valence-corrected chi connectivity index (χ3v) is 12.6. The first-order chi connectivity index (χ1) is 34.6. The van der Waals surface area contributed by atoms with Gasteiger partial charge in [0.25, 0.3) is 0 Å². The van der Waals surface area contributed by atoms with Gasteiger partial charge in [-0.15, -0.1) is 0 Å². The Morgan fingerprint density at radius 1 is 0.329 bits per heavy atom. The first kappa shape index (κ1) is 66.8. The number of rotatable bonds is 54. The summed E-state index contributed by atoms with van der Waals surface area (Å²) in [6.45, 7) is 7.52. The molecule has 5 heteroatoms. The molecular weight excluding hydrogens is 861 g/mol. The van der Waals surface area contributed by atoms with E-state index in [2.05, 4.69) is 118 Å². The monoisotopic (exact) mass is 973 g/mol. The van der Waals surface area contributed by atoms with Crippen molar-refractivity contribution in [3.8, 4) is 0 Å². The second-order valence-corrected chi connectivity index (χ2v) is 19.5. The van der Waals surface area contributed by atoms with Gasteiger partial charge < -0.3 is 14.2 Å². The van der Waals surface area contributed by atoms with Gasteiger partial charge in [0.05, 0.1) is 6.61 Å². The molecule has 0 saturated heterocycles. The minimum Gasteiger partial charge on any atom is -0.462 e. The Balaban J connectivity index is 4.35. The molecule has 0 radical (unpaired) electrons. The fourth-order valence-electron chi connectivity index (χ4n) is 8.26. The predicted octanol–water partition coefficient (Wildman–Crippen LogP) is 20.6. The van der Waals surface area contributed by atoms with E-state index in [-0.39, 0.29) is 25.2 Å². The van der Waals surface area contributed by atoms with E-state index in [1.165, 1.54) is 135 Å². The smallest absolute Gasteiger partial charge is 0.306 e. The van der Waals surface area contributed by atoms with E-state index in [4.69, 9.17) is 14.2 Å². The van der Waals surface area contributed by atoms with Crippen LogP contribution in [0.25, 0.3) is 0 Å². The summed E-state index contributed by atoms with van der Waals surface area (Å²) in [6.07, 6.45) is 81.5. The fourth-order valence-corrected chi connectivity index (χ4v) is 8.26. The third-order valence-electron chi connectivity index (χ3n) is 12.6. The van der Waals surface area contributed by atoms with Crippen LogP contribution in [0.15, 0.2) is 97.2 Å². The van der Waals surface area contributed by atoms with Gasteiger partial charge in [0, 0.05) is 19.4 Å². The summed E-state index contributed by atoms with van der Waals surface area (Å²) in [5.74, 6) is -0.426. The lowest BCUT2D eigenvalue weighted by atomic mass is 10.0. The Bertz CT molecular complexity index is 1330. The normalized spacial score (nSPS) is 12.9. The van der Waals surface area contributed by atoms with Crippen molar-refractivity contribution < 1.29 is 23.8 Å². The summed E-state index contributed by atoms with van der Waals surface area (Å²) in [7, 11) is 0. The number of esters is 2. The van der Waals surface area contributed by atoms with Crippen molar-refractivity contribution in [2.45, 2.75) is 284 Å². The molecular formula is C65H112O5.